The van der Waals surface area contributed by atoms with Crippen LogP contribution < -0.4 is 15.4 Å². The Hall–Kier alpha value is -1.64. The van der Waals surface area contributed by atoms with Gasteiger partial charge in [0.1, 0.15) is 28.4 Å². The molecule has 2 aliphatic heterocycles. The van der Waals surface area contributed by atoms with E-state index in [-0.39, 0.29) is 12.1 Å². The molecule has 1 aromatic rings. The molecule has 8 heteroatoms. The molecule has 0 aliphatic carbocycles. The molecule has 2 aliphatic rings. The molecule has 0 radical (unpaired) electrons. The lowest BCUT2D eigenvalue weighted by atomic mass is 10.1. The van der Waals surface area contributed by atoms with E-state index in [1.807, 2.05) is 49.3 Å². The number of nitrogens with one attached hydrogen (secondary N) is 2. The normalized spacial score (nSPS) is 20.6. The second-order valence-electron chi connectivity index (χ2n) is 7.97. The fraction of sp³-hybridized carbons (Fsp3) is 0.632. The molecule has 7 nitrogen and oxygen atoms in total. The SMILES string of the molecule is CC(C)(C)OC(=O)NC1CCN(S(=O)c2cccc(OC3CNC3)c2)CC1. The summed E-state index contributed by atoms with van der Waals surface area (Å²) in [7, 11) is -1.23. The van der Waals surface area contributed by atoms with E-state index in [0.717, 1.165) is 36.6 Å². The van der Waals surface area contributed by atoms with Gasteiger partial charge in [-0.05, 0) is 51.8 Å². The molecule has 0 saturated carbocycles. The van der Waals surface area contributed by atoms with Crippen LogP contribution in [-0.4, -0.2) is 58.5 Å². The molecular weight excluding hydrogens is 366 g/mol. The number of rotatable bonds is 5. The standard InChI is InChI=1S/C19H29N3O4S/c1-19(2,3)26-18(23)21-14-7-9-22(10-8-14)27(24)17-6-4-5-15(11-17)25-16-12-20-13-16/h4-6,11,14,16,20H,7-10,12-13H2,1-3H3,(H,21,23). The quantitative estimate of drug-likeness (QED) is 0.798. The number of ether oxygens (including phenoxy) is 2. The van der Waals surface area contributed by atoms with E-state index >= 15 is 0 Å². The fourth-order valence-electron chi connectivity index (χ4n) is 2.98. The number of carbonyl (C=O) groups is 1. The molecule has 1 amide bonds. The van der Waals surface area contributed by atoms with Crippen LogP contribution in [0.3, 0.4) is 0 Å². The Balaban J connectivity index is 1.49. The van der Waals surface area contributed by atoms with Crippen molar-refractivity contribution < 1.29 is 18.5 Å². The lowest BCUT2D eigenvalue weighted by Crippen LogP contribution is -2.50. The number of amides is 1. The van der Waals surface area contributed by atoms with Crippen molar-refractivity contribution in [3.05, 3.63) is 24.3 Å². The first-order valence-electron chi connectivity index (χ1n) is 9.44. The molecular formula is C19H29N3O4S. The van der Waals surface area contributed by atoms with Crippen LogP contribution in [0.2, 0.25) is 0 Å². The van der Waals surface area contributed by atoms with Crippen LogP contribution in [0.5, 0.6) is 5.75 Å². The van der Waals surface area contributed by atoms with Gasteiger partial charge in [0.25, 0.3) is 0 Å². The zero-order valence-electron chi connectivity index (χ0n) is 16.2. The van der Waals surface area contributed by atoms with Crippen molar-refractivity contribution in [1.82, 2.24) is 14.9 Å². The van der Waals surface area contributed by atoms with E-state index in [0.29, 0.717) is 13.1 Å². The number of carbonyl (C=O) groups excluding carboxylic acids is 1. The summed E-state index contributed by atoms with van der Waals surface area (Å²) in [6.45, 7) is 8.55. The van der Waals surface area contributed by atoms with Gasteiger partial charge in [-0.25, -0.2) is 13.3 Å². The van der Waals surface area contributed by atoms with Gasteiger partial charge in [0, 0.05) is 32.2 Å². The third-order valence-corrected chi connectivity index (χ3v) is 5.95. The Morgan fingerprint density at radius 3 is 2.56 bits per heavy atom. The van der Waals surface area contributed by atoms with E-state index in [1.165, 1.54) is 0 Å². The first-order valence-corrected chi connectivity index (χ1v) is 10.5. The average Bonchev–Trinajstić information content (AvgIpc) is 2.57. The third kappa shape index (κ3) is 5.92. The summed E-state index contributed by atoms with van der Waals surface area (Å²) in [6, 6.07) is 7.56. The Morgan fingerprint density at radius 2 is 1.96 bits per heavy atom. The molecule has 1 unspecified atom stereocenters. The molecule has 2 fully saturated rings. The topological polar surface area (TPSA) is 79.9 Å². The highest BCUT2D eigenvalue weighted by Gasteiger charge is 2.27. The van der Waals surface area contributed by atoms with Crippen LogP contribution in [-0.2, 0) is 15.7 Å². The predicted molar refractivity (Wildman–Crippen MR) is 104 cm³/mol. The van der Waals surface area contributed by atoms with Gasteiger partial charge in [-0.3, -0.25) is 0 Å². The molecule has 1 aromatic carbocycles. The van der Waals surface area contributed by atoms with E-state index in [4.69, 9.17) is 9.47 Å². The molecule has 2 heterocycles. The van der Waals surface area contributed by atoms with Crippen LogP contribution in [0.25, 0.3) is 0 Å². The predicted octanol–water partition coefficient (Wildman–Crippen LogP) is 2.05. The molecule has 150 valence electrons. The molecule has 0 spiro atoms. The highest BCUT2D eigenvalue weighted by Crippen LogP contribution is 2.22. The summed E-state index contributed by atoms with van der Waals surface area (Å²) in [4.78, 5) is 12.6. The summed E-state index contributed by atoms with van der Waals surface area (Å²) in [5.74, 6) is 0.758. The van der Waals surface area contributed by atoms with Crippen LogP contribution in [0.4, 0.5) is 4.79 Å². The van der Waals surface area contributed by atoms with Crippen molar-refractivity contribution in [1.29, 1.82) is 0 Å². The number of piperidine rings is 1. The zero-order chi connectivity index (χ0) is 19.4. The molecule has 1 atom stereocenters. The molecule has 27 heavy (non-hydrogen) atoms. The second-order valence-corrected chi connectivity index (χ2v) is 9.46. The number of benzene rings is 1. The summed E-state index contributed by atoms with van der Waals surface area (Å²) in [6.07, 6.45) is 1.30. The Kier molecular flexibility index (Phi) is 6.39. The first-order chi connectivity index (χ1) is 12.8. The summed E-state index contributed by atoms with van der Waals surface area (Å²) in [5, 5.41) is 6.07. The maximum absolute atomic E-state index is 12.9. The van der Waals surface area contributed by atoms with E-state index in [2.05, 4.69) is 10.6 Å². The third-order valence-electron chi connectivity index (χ3n) is 4.46. The minimum Gasteiger partial charge on any atom is -0.488 e. The first kappa shape index (κ1) is 20.1. The largest absolute Gasteiger partial charge is 0.488 e. The minimum atomic E-state index is -1.23. The lowest BCUT2D eigenvalue weighted by Gasteiger charge is -2.32. The van der Waals surface area contributed by atoms with Crippen molar-refractivity contribution in [3.8, 4) is 5.75 Å². The molecule has 0 aromatic heterocycles. The number of hydrogen-bond acceptors (Lipinski definition) is 5. The Bertz CT molecular complexity index is 680. The van der Waals surface area contributed by atoms with Gasteiger partial charge in [0.05, 0.1) is 4.90 Å². The Morgan fingerprint density at radius 1 is 1.26 bits per heavy atom. The highest BCUT2D eigenvalue weighted by molar-refractivity contribution is 7.82. The van der Waals surface area contributed by atoms with Gasteiger partial charge in [0.2, 0.25) is 0 Å². The fourth-order valence-corrected chi connectivity index (χ4v) is 4.24. The highest BCUT2D eigenvalue weighted by atomic mass is 32.2. The summed E-state index contributed by atoms with van der Waals surface area (Å²) < 4.78 is 26.0. The van der Waals surface area contributed by atoms with Gasteiger partial charge in [-0.15, -0.1) is 0 Å². The van der Waals surface area contributed by atoms with Gasteiger partial charge in [0.15, 0.2) is 0 Å². The van der Waals surface area contributed by atoms with Crippen LogP contribution >= 0.6 is 0 Å². The average molecular weight is 396 g/mol. The van der Waals surface area contributed by atoms with Crippen molar-refractivity contribution in [2.75, 3.05) is 26.2 Å². The van der Waals surface area contributed by atoms with Crippen LogP contribution in [0, 0.1) is 0 Å². The van der Waals surface area contributed by atoms with Crippen LogP contribution in [0.1, 0.15) is 33.6 Å². The number of nitrogens with zero attached hydrogens (tertiary/aromatic N) is 1. The van der Waals surface area contributed by atoms with E-state index < -0.39 is 22.7 Å². The van der Waals surface area contributed by atoms with Crippen molar-refractivity contribution in [2.24, 2.45) is 0 Å². The number of alkyl carbamates (subject to hydrolysis) is 1. The second kappa shape index (κ2) is 8.58. The monoisotopic (exact) mass is 395 g/mol. The summed E-state index contributed by atoms with van der Waals surface area (Å²) in [5.41, 5.74) is -0.505. The molecule has 2 N–H and O–H groups in total. The smallest absolute Gasteiger partial charge is 0.407 e. The Labute approximate surface area is 163 Å². The van der Waals surface area contributed by atoms with Gasteiger partial charge < -0.3 is 20.1 Å². The minimum absolute atomic E-state index is 0.0499. The molecule has 0 bridgehead atoms. The van der Waals surface area contributed by atoms with Crippen molar-refractivity contribution in [2.45, 2.75) is 56.3 Å². The number of hydrogen-bond donors (Lipinski definition) is 2. The zero-order valence-corrected chi connectivity index (χ0v) is 17.0. The van der Waals surface area contributed by atoms with Crippen molar-refractivity contribution >= 4 is 17.1 Å². The molecule has 2 saturated heterocycles. The lowest BCUT2D eigenvalue weighted by molar-refractivity contribution is 0.0490. The van der Waals surface area contributed by atoms with Gasteiger partial charge in [-0.1, -0.05) is 6.07 Å². The maximum atomic E-state index is 12.9. The van der Waals surface area contributed by atoms with Gasteiger partial charge >= 0.3 is 6.09 Å². The maximum Gasteiger partial charge on any atom is 0.407 e. The van der Waals surface area contributed by atoms with E-state index in [1.54, 1.807) is 0 Å². The van der Waals surface area contributed by atoms with Gasteiger partial charge in [-0.2, -0.15) is 0 Å². The molecule has 3 rings (SSSR count). The van der Waals surface area contributed by atoms with Crippen molar-refractivity contribution in [3.63, 3.8) is 0 Å². The van der Waals surface area contributed by atoms with E-state index in [9.17, 15) is 9.00 Å². The van der Waals surface area contributed by atoms with Crippen LogP contribution in [0.15, 0.2) is 29.2 Å². The summed E-state index contributed by atoms with van der Waals surface area (Å²) >= 11 is 0.